The van der Waals surface area contributed by atoms with Gasteiger partial charge < -0.3 is 10.6 Å². The molecule has 0 saturated carbocycles. The van der Waals surface area contributed by atoms with Crippen molar-refractivity contribution in [1.82, 2.24) is 20.4 Å². The van der Waals surface area contributed by atoms with Crippen LogP contribution < -0.4 is 10.6 Å². The third kappa shape index (κ3) is 4.52. The quantitative estimate of drug-likeness (QED) is 0.517. The van der Waals surface area contributed by atoms with E-state index in [-0.39, 0.29) is 5.41 Å². The highest BCUT2D eigenvalue weighted by Crippen LogP contribution is 2.26. The fourth-order valence-electron chi connectivity index (χ4n) is 2.64. The highest BCUT2D eigenvalue weighted by atomic mass is 32.1. The van der Waals surface area contributed by atoms with E-state index in [0.717, 1.165) is 23.8 Å². The van der Waals surface area contributed by atoms with E-state index in [1.807, 2.05) is 47.4 Å². The number of hydrogen-bond acceptors (Lipinski definition) is 3. The first-order valence-electron chi connectivity index (χ1n) is 8.66. The predicted molar refractivity (Wildman–Crippen MR) is 109 cm³/mol. The third-order valence-electron chi connectivity index (χ3n) is 4.23. The lowest BCUT2D eigenvalue weighted by molar-refractivity contribution is 0.518. The van der Waals surface area contributed by atoms with Crippen LogP contribution in [0.2, 0.25) is 0 Å². The Balaban J connectivity index is 1.54. The zero-order chi connectivity index (χ0) is 18.4. The Morgan fingerprint density at radius 1 is 1.15 bits per heavy atom. The molecule has 3 aromatic rings. The Hall–Kier alpha value is -2.60. The van der Waals surface area contributed by atoms with Gasteiger partial charge in [-0.1, -0.05) is 38.1 Å². The van der Waals surface area contributed by atoms with Crippen molar-refractivity contribution < 1.29 is 0 Å². The summed E-state index contributed by atoms with van der Waals surface area (Å²) in [5.74, 6) is 0.794. The fourth-order valence-corrected chi connectivity index (χ4v) is 3.49. The van der Waals surface area contributed by atoms with E-state index in [0.29, 0.717) is 6.54 Å². The van der Waals surface area contributed by atoms with Crippen LogP contribution in [-0.2, 0) is 12.0 Å². The molecule has 1 aromatic carbocycles. The minimum Gasteiger partial charge on any atom is -0.356 e. The van der Waals surface area contributed by atoms with Crippen molar-refractivity contribution in [2.75, 3.05) is 13.6 Å². The second kappa shape index (κ2) is 8.19. The fraction of sp³-hybridized carbons (Fsp3) is 0.300. The molecule has 0 aliphatic heterocycles. The molecule has 0 radical (unpaired) electrons. The Labute approximate surface area is 158 Å². The van der Waals surface area contributed by atoms with Crippen LogP contribution in [0.1, 0.15) is 24.3 Å². The number of nitrogens with zero attached hydrogens (tertiary/aromatic N) is 3. The summed E-state index contributed by atoms with van der Waals surface area (Å²) in [5, 5.41) is 13.3. The van der Waals surface area contributed by atoms with Crippen LogP contribution in [0.25, 0.3) is 5.69 Å². The highest BCUT2D eigenvalue weighted by molar-refractivity contribution is 7.10. The minimum atomic E-state index is 0.0595. The monoisotopic (exact) mass is 367 g/mol. The van der Waals surface area contributed by atoms with Gasteiger partial charge in [0.1, 0.15) is 0 Å². The van der Waals surface area contributed by atoms with Gasteiger partial charge in [0.05, 0.1) is 11.9 Å². The highest BCUT2D eigenvalue weighted by Gasteiger charge is 2.21. The Morgan fingerprint density at radius 2 is 1.96 bits per heavy atom. The van der Waals surface area contributed by atoms with E-state index in [1.165, 1.54) is 4.88 Å². The second-order valence-corrected chi connectivity index (χ2v) is 7.72. The number of guanidine groups is 1. The molecule has 0 amide bonds. The molecule has 6 heteroatoms. The molecule has 5 nitrogen and oxygen atoms in total. The molecular formula is C20H25N5S. The van der Waals surface area contributed by atoms with Gasteiger partial charge >= 0.3 is 0 Å². The molecule has 0 spiro atoms. The van der Waals surface area contributed by atoms with E-state index in [2.05, 4.69) is 52.1 Å². The van der Waals surface area contributed by atoms with E-state index in [9.17, 15) is 0 Å². The van der Waals surface area contributed by atoms with Crippen LogP contribution in [0.5, 0.6) is 0 Å². The van der Waals surface area contributed by atoms with Crippen LogP contribution in [-0.4, -0.2) is 29.3 Å². The molecular weight excluding hydrogens is 342 g/mol. The van der Waals surface area contributed by atoms with Crippen molar-refractivity contribution >= 4 is 17.3 Å². The van der Waals surface area contributed by atoms with Crippen molar-refractivity contribution in [3.05, 3.63) is 70.7 Å². The summed E-state index contributed by atoms with van der Waals surface area (Å²) in [7, 11) is 1.79. The van der Waals surface area contributed by atoms with Gasteiger partial charge in [-0.3, -0.25) is 4.99 Å². The molecule has 136 valence electrons. The number of hydrogen-bond donors (Lipinski definition) is 2. The summed E-state index contributed by atoms with van der Waals surface area (Å²) < 4.78 is 1.88. The number of para-hydroxylation sites is 1. The molecule has 0 atom stereocenters. The summed E-state index contributed by atoms with van der Waals surface area (Å²) in [6, 6.07) is 14.4. The Morgan fingerprint density at radius 3 is 2.65 bits per heavy atom. The Bertz CT molecular complexity index is 834. The molecule has 0 unspecified atom stereocenters. The van der Waals surface area contributed by atoms with Crippen LogP contribution >= 0.6 is 11.3 Å². The molecule has 0 aliphatic carbocycles. The maximum atomic E-state index is 4.43. The second-order valence-electron chi connectivity index (χ2n) is 6.77. The average Bonchev–Trinajstić information content (AvgIpc) is 3.35. The molecule has 2 aromatic heterocycles. The molecule has 0 saturated heterocycles. The lowest BCUT2D eigenvalue weighted by Crippen LogP contribution is -2.42. The first-order valence-corrected chi connectivity index (χ1v) is 9.54. The molecule has 0 fully saturated rings. The summed E-state index contributed by atoms with van der Waals surface area (Å²) >= 11 is 1.79. The van der Waals surface area contributed by atoms with Crippen LogP contribution in [0.4, 0.5) is 0 Å². The van der Waals surface area contributed by atoms with Gasteiger partial charge in [-0.25, -0.2) is 4.68 Å². The molecule has 2 heterocycles. The maximum Gasteiger partial charge on any atom is 0.191 e. The molecule has 3 rings (SSSR count). The third-order valence-corrected chi connectivity index (χ3v) is 5.46. The zero-order valence-corrected chi connectivity index (χ0v) is 16.3. The van der Waals surface area contributed by atoms with E-state index >= 15 is 0 Å². The lowest BCUT2D eigenvalue weighted by atomic mass is 9.91. The number of thiophene rings is 1. The zero-order valence-electron chi connectivity index (χ0n) is 15.4. The predicted octanol–water partition coefficient (Wildman–Crippen LogP) is 3.58. The first-order chi connectivity index (χ1) is 12.6. The van der Waals surface area contributed by atoms with Gasteiger partial charge in [-0.2, -0.15) is 5.10 Å². The van der Waals surface area contributed by atoms with Gasteiger partial charge in [0.25, 0.3) is 0 Å². The molecule has 2 N–H and O–H groups in total. The van der Waals surface area contributed by atoms with E-state index < -0.39 is 0 Å². The minimum absolute atomic E-state index is 0.0595. The normalized spacial score (nSPS) is 12.2. The summed E-state index contributed by atoms with van der Waals surface area (Å²) in [6.07, 6.45) is 3.91. The first kappa shape index (κ1) is 18.2. The van der Waals surface area contributed by atoms with Crippen molar-refractivity contribution in [3.8, 4) is 5.69 Å². The van der Waals surface area contributed by atoms with Crippen molar-refractivity contribution in [2.24, 2.45) is 4.99 Å². The van der Waals surface area contributed by atoms with Crippen molar-refractivity contribution in [2.45, 2.75) is 25.8 Å². The van der Waals surface area contributed by atoms with E-state index in [4.69, 9.17) is 0 Å². The summed E-state index contributed by atoms with van der Waals surface area (Å²) in [5.41, 5.74) is 2.22. The topological polar surface area (TPSA) is 54.2 Å². The number of benzene rings is 1. The van der Waals surface area contributed by atoms with Crippen LogP contribution in [0.3, 0.4) is 0 Å². The maximum absolute atomic E-state index is 4.43. The number of nitrogens with one attached hydrogen (secondary N) is 2. The summed E-state index contributed by atoms with van der Waals surface area (Å²) in [6.45, 7) is 5.97. The van der Waals surface area contributed by atoms with Gasteiger partial charge in [0.2, 0.25) is 0 Å². The van der Waals surface area contributed by atoms with Crippen molar-refractivity contribution in [3.63, 3.8) is 0 Å². The average molecular weight is 368 g/mol. The van der Waals surface area contributed by atoms with Crippen LogP contribution in [0.15, 0.2) is 65.2 Å². The number of rotatable bonds is 6. The number of aromatic nitrogens is 2. The van der Waals surface area contributed by atoms with E-state index in [1.54, 1.807) is 18.4 Å². The molecule has 0 aliphatic rings. The van der Waals surface area contributed by atoms with Gasteiger partial charge in [-0.15, -0.1) is 11.3 Å². The smallest absolute Gasteiger partial charge is 0.191 e. The van der Waals surface area contributed by atoms with Gasteiger partial charge in [0, 0.05) is 42.2 Å². The molecule has 26 heavy (non-hydrogen) atoms. The van der Waals surface area contributed by atoms with Gasteiger partial charge in [-0.05, 0) is 23.6 Å². The number of aliphatic imine (C=N–C) groups is 1. The van der Waals surface area contributed by atoms with Gasteiger partial charge in [0.15, 0.2) is 5.96 Å². The SMILES string of the molecule is CN=C(NCc1cnn(-c2ccccc2)c1)NCC(C)(C)c1cccs1. The largest absolute Gasteiger partial charge is 0.356 e. The van der Waals surface area contributed by atoms with Crippen LogP contribution in [0, 0.1) is 0 Å². The standard InChI is InChI=1S/C20H25N5S/c1-20(2,18-10-7-11-26-18)15-23-19(21-3)22-12-16-13-24-25(14-16)17-8-5-4-6-9-17/h4-11,13-14H,12,15H2,1-3H3,(H2,21,22,23). The van der Waals surface area contributed by atoms with Crippen molar-refractivity contribution in [1.29, 1.82) is 0 Å². The molecule has 0 bridgehead atoms. The Kier molecular flexibility index (Phi) is 5.73. The lowest BCUT2D eigenvalue weighted by Gasteiger charge is -2.25. The summed E-state index contributed by atoms with van der Waals surface area (Å²) in [4.78, 5) is 5.69.